The van der Waals surface area contributed by atoms with Gasteiger partial charge >= 0.3 is 0 Å². The van der Waals surface area contributed by atoms with Crippen LogP contribution in [0.5, 0.6) is 11.5 Å². The summed E-state index contributed by atoms with van der Waals surface area (Å²) in [6.07, 6.45) is 0. The van der Waals surface area contributed by atoms with Crippen molar-refractivity contribution in [2.24, 2.45) is 0 Å². The molecule has 0 aliphatic heterocycles. The molecule has 3 rings (SSSR count). The summed E-state index contributed by atoms with van der Waals surface area (Å²) in [5, 5.41) is 4.04. The van der Waals surface area contributed by atoms with Crippen molar-refractivity contribution in [2.75, 3.05) is 13.7 Å². The molecule has 3 aromatic rings. The van der Waals surface area contributed by atoms with E-state index in [1.807, 2.05) is 65.0 Å². The molecule has 0 aliphatic carbocycles. The Hall–Kier alpha value is -3.35. The van der Waals surface area contributed by atoms with Crippen molar-refractivity contribution in [3.8, 4) is 22.9 Å². The first-order chi connectivity index (χ1) is 14.8. The molecule has 1 heterocycles. The predicted molar refractivity (Wildman–Crippen MR) is 118 cm³/mol. The molecular weight excluding hydrogens is 394 g/mol. The highest BCUT2D eigenvalue weighted by atomic mass is 16.5. The van der Waals surface area contributed by atoms with Gasteiger partial charge in [-0.05, 0) is 81.6 Å². The lowest BCUT2D eigenvalue weighted by molar-refractivity contribution is -0.136. The molecule has 2 aromatic carbocycles. The molecule has 0 bridgehead atoms. The van der Waals surface area contributed by atoms with Crippen LogP contribution in [0.1, 0.15) is 36.4 Å². The Morgan fingerprint density at radius 1 is 1.13 bits per heavy atom. The smallest absolute Gasteiger partial charge is 0.261 e. The van der Waals surface area contributed by atoms with Gasteiger partial charge in [-0.1, -0.05) is 11.2 Å². The van der Waals surface area contributed by atoms with Crippen molar-refractivity contribution in [1.29, 1.82) is 0 Å². The first-order valence-corrected chi connectivity index (χ1v) is 10.3. The van der Waals surface area contributed by atoms with Gasteiger partial charge in [0.05, 0.1) is 7.11 Å². The van der Waals surface area contributed by atoms with E-state index >= 15 is 0 Å². The van der Waals surface area contributed by atoms with Crippen LogP contribution in [-0.4, -0.2) is 40.7 Å². The molecule has 0 N–H and O–H groups in total. The van der Waals surface area contributed by atoms with Crippen molar-refractivity contribution in [3.05, 3.63) is 59.0 Å². The first kappa shape index (κ1) is 22.3. The van der Waals surface area contributed by atoms with Gasteiger partial charge in [-0.15, -0.1) is 0 Å². The Kier molecular flexibility index (Phi) is 6.95. The first-order valence-electron chi connectivity index (χ1n) is 10.3. The van der Waals surface area contributed by atoms with E-state index in [2.05, 4.69) is 16.2 Å². The van der Waals surface area contributed by atoms with Gasteiger partial charge in [0.1, 0.15) is 18.0 Å². The molecule has 0 saturated heterocycles. The topological polar surface area (TPSA) is 77.7 Å². The quantitative estimate of drug-likeness (QED) is 0.531. The van der Waals surface area contributed by atoms with Crippen LogP contribution in [0.25, 0.3) is 11.4 Å². The number of aryl methyl sites for hydroxylation is 2. The number of nitrogens with zero attached hydrogens (tertiary/aromatic N) is 3. The van der Waals surface area contributed by atoms with Crippen molar-refractivity contribution in [3.63, 3.8) is 0 Å². The second-order valence-corrected chi connectivity index (χ2v) is 7.85. The number of ether oxygens (including phenoxy) is 2. The summed E-state index contributed by atoms with van der Waals surface area (Å²) in [6, 6.07) is 11.4. The standard InChI is InChI=1S/C24H29N3O4/c1-15(2)27(23(28)14-30-21-12-16(3)11-17(4)18(21)5)13-22-25-24(26-31-22)19-7-9-20(29-6)10-8-19/h7-12,15H,13-14H2,1-6H3. The summed E-state index contributed by atoms with van der Waals surface area (Å²) in [6.45, 7) is 10.1. The Morgan fingerprint density at radius 2 is 1.84 bits per heavy atom. The maximum atomic E-state index is 12.9. The molecule has 1 aromatic heterocycles. The highest BCUT2D eigenvalue weighted by molar-refractivity contribution is 5.78. The van der Waals surface area contributed by atoms with E-state index in [0.29, 0.717) is 11.7 Å². The lowest BCUT2D eigenvalue weighted by Gasteiger charge is -2.25. The van der Waals surface area contributed by atoms with E-state index in [1.54, 1.807) is 12.0 Å². The van der Waals surface area contributed by atoms with Crippen LogP contribution in [0.3, 0.4) is 0 Å². The van der Waals surface area contributed by atoms with Crippen LogP contribution in [-0.2, 0) is 11.3 Å². The number of hydrogen-bond donors (Lipinski definition) is 0. The minimum atomic E-state index is -0.141. The maximum absolute atomic E-state index is 12.9. The van der Waals surface area contributed by atoms with E-state index in [0.717, 1.165) is 33.8 Å². The number of methoxy groups -OCH3 is 1. The van der Waals surface area contributed by atoms with Crippen LogP contribution in [0, 0.1) is 20.8 Å². The average Bonchev–Trinajstić information content (AvgIpc) is 3.22. The molecule has 7 heteroatoms. The van der Waals surface area contributed by atoms with E-state index < -0.39 is 0 Å². The summed E-state index contributed by atoms with van der Waals surface area (Å²) in [5.41, 5.74) is 4.09. The Morgan fingerprint density at radius 3 is 2.48 bits per heavy atom. The summed E-state index contributed by atoms with van der Waals surface area (Å²) < 4.78 is 16.4. The van der Waals surface area contributed by atoms with Crippen LogP contribution in [0.15, 0.2) is 40.9 Å². The van der Waals surface area contributed by atoms with Gasteiger partial charge in [-0.25, -0.2) is 0 Å². The molecule has 0 unspecified atom stereocenters. The third kappa shape index (κ3) is 5.42. The Labute approximate surface area is 183 Å². The molecule has 0 fully saturated rings. The maximum Gasteiger partial charge on any atom is 0.261 e. The Balaban J connectivity index is 1.68. The third-order valence-corrected chi connectivity index (χ3v) is 5.18. The monoisotopic (exact) mass is 423 g/mol. The highest BCUT2D eigenvalue weighted by Crippen LogP contribution is 2.24. The average molecular weight is 424 g/mol. The number of amides is 1. The summed E-state index contributed by atoms with van der Waals surface area (Å²) in [7, 11) is 1.62. The van der Waals surface area contributed by atoms with Crippen LogP contribution in [0.2, 0.25) is 0 Å². The summed E-state index contributed by atoms with van der Waals surface area (Å²) in [4.78, 5) is 19.0. The highest BCUT2D eigenvalue weighted by Gasteiger charge is 2.22. The fourth-order valence-corrected chi connectivity index (χ4v) is 3.25. The number of hydrogen-bond acceptors (Lipinski definition) is 6. The zero-order valence-corrected chi connectivity index (χ0v) is 18.9. The molecule has 0 spiro atoms. The number of carbonyl (C=O) groups excluding carboxylic acids is 1. The Bertz CT molecular complexity index is 1040. The van der Waals surface area contributed by atoms with Gasteiger partial charge in [-0.2, -0.15) is 4.98 Å². The van der Waals surface area contributed by atoms with Gasteiger partial charge in [0.25, 0.3) is 5.91 Å². The van der Waals surface area contributed by atoms with Gasteiger partial charge in [0, 0.05) is 11.6 Å². The molecule has 164 valence electrons. The van der Waals surface area contributed by atoms with Crippen molar-refractivity contribution in [1.82, 2.24) is 15.0 Å². The third-order valence-electron chi connectivity index (χ3n) is 5.18. The van der Waals surface area contributed by atoms with Crippen molar-refractivity contribution in [2.45, 2.75) is 47.2 Å². The SMILES string of the molecule is COc1ccc(-c2noc(CN(C(=O)COc3cc(C)cc(C)c3C)C(C)C)n2)cc1. The lowest BCUT2D eigenvalue weighted by Crippen LogP contribution is -2.39. The van der Waals surface area contributed by atoms with Gasteiger partial charge in [0.15, 0.2) is 6.61 Å². The number of carbonyl (C=O) groups is 1. The van der Waals surface area contributed by atoms with E-state index in [-0.39, 0.29) is 25.1 Å². The largest absolute Gasteiger partial charge is 0.497 e. The molecule has 1 amide bonds. The molecule has 0 atom stereocenters. The lowest BCUT2D eigenvalue weighted by atomic mass is 10.1. The number of rotatable bonds is 8. The predicted octanol–water partition coefficient (Wildman–Crippen LogP) is 4.49. The normalized spacial score (nSPS) is 10.9. The zero-order valence-electron chi connectivity index (χ0n) is 18.9. The second kappa shape index (κ2) is 9.64. The second-order valence-electron chi connectivity index (χ2n) is 7.85. The molecular formula is C24H29N3O4. The van der Waals surface area contributed by atoms with Gasteiger partial charge < -0.3 is 18.9 Å². The molecule has 31 heavy (non-hydrogen) atoms. The molecule has 7 nitrogen and oxygen atoms in total. The van der Waals surface area contributed by atoms with E-state index in [9.17, 15) is 4.79 Å². The van der Waals surface area contributed by atoms with Crippen LogP contribution < -0.4 is 9.47 Å². The fourth-order valence-electron chi connectivity index (χ4n) is 3.25. The van der Waals surface area contributed by atoms with E-state index in [1.165, 1.54) is 0 Å². The minimum Gasteiger partial charge on any atom is -0.497 e. The molecule has 0 radical (unpaired) electrons. The minimum absolute atomic E-state index is 0.0484. The molecule has 0 aliphatic rings. The van der Waals surface area contributed by atoms with Gasteiger partial charge in [-0.3, -0.25) is 4.79 Å². The van der Waals surface area contributed by atoms with Crippen LogP contribution in [0.4, 0.5) is 0 Å². The fraction of sp³-hybridized carbons (Fsp3) is 0.375. The zero-order chi connectivity index (χ0) is 22.5. The van der Waals surface area contributed by atoms with Gasteiger partial charge in [0.2, 0.25) is 11.7 Å². The summed E-state index contributed by atoms with van der Waals surface area (Å²) in [5.74, 6) is 2.18. The van der Waals surface area contributed by atoms with Crippen molar-refractivity contribution < 1.29 is 18.8 Å². The number of aromatic nitrogens is 2. The summed E-state index contributed by atoms with van der Waals surface area (Å²) >= 11 is 0. The molecule has 0 saturated carbocycles. The van der Waals surface area contributed by atoms with E-state index in [4.69, 9.17) is 14.0 Å². The van der Waals surface area contributed by atoms with Crippen molar-refractivity contribution >= 4 is 5.91 Å². The number of benzene rings is 2. The van der Waals surface area contributed by atoms with Crippen LogP contribution >= 0.6 is 0 Å².